The minimum Gasteiger partial charge on any atom is -0.299 e. The molecule has 0 saturated carbocycles. The van der Waals surface area contributed by atoms with Crippen molar-refractivity contribution < 1.29 is 4.79 Å². The minimum atomic E-state index is -0.228. The number of nitrogens with zero attached hydrogens (tertiary/aromatic N) is 1. The second kappa shape index (κ2) is 5.11. The van der Waals surface area contributed by atoms with Gasteiger partial charge >= 0.3 is 0 Å². The lowest BCUT2D eigenvalue weighted by molar-refractivity contribution is -0.131. The molecular weight excluding hydrogens is 198 g/mol. The van der Waals surface area contributed by atoms with Crippen LogP contribution >= 0.6 is 0 Å². The Balaban J connectivity index is 2.71. The first-order chi connectivity index (χ1) is 7.32. The molecule has 92 valence electrons. The van der Waals surface area contributed by atoms with Crippen molar-refractivity contribution in [3.8, 4) is 0 Å². The van der Waals surface area contributed by atoms with Gasteiger partial charge in [-0.25, -0.2) is 0 Å². The van der Waals surface area contributed by atoms with E-state index in [0.29, 0.717) is 11.7 Å². The SMILES string of the molecule is CC(C)[C@@H](CC1=NCCC1)C(=O)C(C)(C)C. The number of carbonyl (C=O) groups is 1. The van der Waals surface area contributed by atoms with Crippen LogP contribution in [0.3, 0.4) is 0 Å². The van der Waals surface area contributed by atoms with E-state index in [2.05, 4.69) is 18.8 Å². The van der Waals surface area contributed by atoms with Crippen LogP contribution in [0.4, 0.5) is 0 Å². The smallest absolute Gasteiger partial charge is 0.141 e. The van der Waals surface area contributed by atoms with Crippen LogP contribution in [0.25, 0.3) is 0 Å². The highest BCUT2D eigenvalue weighted by Crippen LogP contribution is 2.29. The van der Waals surface area contributed by atoms with Crippen molar-refractivity contribution >= 4 is 11.5 Å². The second-order valence-corrected chi connectivity index (χ2v) is 6.22. The van der Waals surface area contributed by atoms with Crippen LogP contribution in [0.1, 0.15) is 53.9 Å². The summed E-state index contributed by atoms with van der Waals surface area (Å²) >= 11 is 0. The van der Waals surface area contributed by atoms with Crippen molar-refractivity contribution in [2.24, 2.45) is 22.2 Å². The van der Waals surface area contributed by atoms with Crippen LogP contribution in [0, 0.1) is 17.3 Å². The molecule has 0 aromatic rings. The molecule has 0 unspecified atom stereocenters. The molecule has 2 heteroatoms. The van der Waals surface area contributed by atoms with Gasteiger partial charge in [0.1, 0.15) is 5.78 Å². The molecule has 0 amide bonds. The minimum absolute atomic E-state index is 0.150. The first-order valence-corrected chi connectivity index (χ1v) is 6.39. The van der Waals surface area contributed by atoms with Crippen molar-refractivity contribution in [3.05, 3.63) is 0 Å². The van der Waals surface area contributed by atoms with Gasteiger partial charge in [0.25, 0.3) is 0 Å². The van der Waals surface area contributed by atoms with Crippen LogP contribution in [0.2, 0.25) is 0 Å². The van der Waals surface area contributed by atoms with Gasteiger partial charge in [0.2, 0.25) is 0 Å². The average molecular weight is 223 g/mol. The van der Waals surface area contributed by atoms with E-state index in [4.69, 9.17) is 0 Å². The van der Waals surface area contributed by atoms with E-state index in [1.807, 2.05) is 20.8 Å². The van der Waals surface area contributed by atoms with E-state index in [1.54, 1.807) is 0 Å². The lowest BCUT2D eigenvalue weighted by atomic mass is 9.76. The summed E-state index contributed by atoms with van der Waals surface area (Å²) in [4.78, 5) is 16.8. The molecule has 1 aliphatic rings. The van der Waals surface area contributed by atoms with Gasteiger partial charge in [-0.15, -0.1) is 0 Å². The normalized spacial score (nSPS) is 18.8. The molecule has 0 aromatic carbocycles. The van der Waals surface area contributed by atoms with Gasteiger partial charge in [-0.1, -0.05) is 34.6 Å². The standard InChI is InChI=1S/C14H25NO/c1-10(2)12(13(16)14(3,4)5)9-11-7-6-8-15-11/h10,12H,6-9H2,1-5H3/t12-/m1/s1. The van der Waals surface area contributed by atoms with E-state index in [0.717, 1.165) is 19.4 Å². The molecule has 0 radical (unpaired) electrons. The van der Waals surface area contributed by atoms with Crippen LogP contribution < -0.4 is 0 Å². The molecule has 0 bridgehead atoms. The third kappa shape index (κ3) is 3.43. The van der Waals surface area contributed by atoms with Gasteiger partial charge in [0, 0.05) is 23.6 Å². The third-order valence-corrected chi connectivity index (χ3v) is 3.30. The van der Waals surface area contributed by atoms with Gasteiger partial charge < -0.3 is 0 Å². The Hall–Kier alpha value is -0.660. The second-order valence-electron chi connectivity index (χ2n) is 6.22. The molecule has 0 spiro atoms. The summed E-state index contributed by atoms with van der Waals surface area (Å²) in [6.45, 7) is 11.3. The Morgan fingerprint density at radius 1 is 1.38 bits per heavy atom. The lowest BCUT2D eigenvalue weighted by Gasteiger charge is -2.27. The summed E-state index contributed by atoms with van der Waals surface area (Å²) < 4.78 is 0. The van der Waals surface area contributed by atoms with E-state index < -0.39 is 0 Å². The van der Waals surface area contributed by atoms with Crippen molar-refractivity contribution in [1.82, 2.24) is 0 Å². The van der Waals surface area contributed by atoms with Gasteiger partial charge in [0.05, 0.1) is 0 Å². The zero-order valence-corrected chi connectivity index (χ0v) is 11.3. The van der Waals surface area contributed by atoms with Gasteiger partial charge in [-0.05, 0) is 25.2 Å². The summed E-state index contributed by atoms with van der Waals surface area (Å²) in [6, 6.07) is 0. The monoisotopic (exact) mass is 223 g/mol. The number of Topliss-reactive ketones (excluding diaryl/α,β-unsaturated/α-hetero) is 1. The van der Waals surface area contributed by atoms with E-state index >= 15 is 0 Å². The Kier molecular flexibility index (Phi) is 4.28. The summed E-state index contributed by atoms with van der Waals surface area (Å²) in [5, 5.41) is 0. The summed E-state index contributed by atoms with van der Waals surface area (Å²) in [7, 11) is 0. The fraction of sp³-hybridized carbons (Fsp3) is 0.857. The van der Waals surface area contributed by atoms with Gasteiger partial charge in [0.15, 0.2) is 0 Å². The quantitative estimate of drug-likeness (QED) is 0.717. The summed E-state index contributed by atoms with van der Waals surface area (Å²) in [5.74, 6) is 0.948. The molecular formula is C14H25NO. The highest BCUT2D eigenvalue weighted by molar-refractivity contribution is 5.93. The van der Waals surface area contributed by atoms with Gasteiger partial charge in [-0.2, -0.15) is 0 Å². The Labute approximate surface area is 99.5 Å². The molecule has 0 saturated heterocycles. The average Bonchev–Trinajstić information content (AvgIpc) is 2.63. The van der Waals surface area contributed by atoms with Crippen molar-refractivity contribution in [1.29, 1.82) is 0 Å². The predicted octanol–water partition coefficient (Wildman–Crippen LogP) is 3.50. The van der Waals surface area contributed by atoms with E-state index in [-0.39, 0.29) is 11.3 Å². The molecule has 1 atom stereocenters. The number of carbonyl (C=O) groups excluding carboxylic acids is 1. The predicted molar refractivity (Wildman–Crippen MR) is 68.9 cm³/mol. The fourth-order valence-corrected chi connectivity index (χ4v) is 2.21. The lowest BCUT2D eigenvalue weighted by Crippen LogP contribution is -2.32. The van der Waals surface area contributed by atoms with Gasteiger partial charge in [-0.3, -0.25) is 9.79 Å². The molecule has 16 heavy (non-hydrogen) atoms. The molecule has 0 aromatic heterocycles. The summed E-state index contributed by atoms with van der Waals surface area (Å²) in [5.41, 5.74) is 1.03. The van der Waals surface area contributed by atoms with Crippen molar-refractivity contribution in [2.75, 3.05) is 6.54 Å². The molecule has 2 nitrogen and oxygen atoms in total. The topological polar surface area (TPSA) is 29.4 Å². The van der Waals surface area contributed by atoms with E-state index in [9.17, 15) is 4.79 Å². The zero-order chi connectivity index (χ0) is 12.3. The Morgan fingerprint density at radius 2 is 2.00 bits per heavy atom. The Bertz CT molecular complexity index is 284. The van der Waals surface area contributed by atoms with Crippen molar-refractivity contribution in [3.63, 3.8) is 0 Å². The maximum absolute atomic E-state index is 12.3. The largest absolute Gasteiger partial charge is 0.299 e. The highest BCUT2D eigenvalue weighted by atomic mass is 16.1. The first kappa shape index (κ1) is 13.4. The van der Waals surface area contributed by atoms with E-state index in [1.165, 1.54) is 12.1 Å². The number of ketones is 1. The number of rotatable bonds is 4. The third-order valence-electron chi connectivity index (χ3n) is 3.30. The molecule has 0 aliphatic carbocycles. The van der Waals surface area contributed by atoms with Crippen LogP contribution in [0.5, 0.6) is 0 Å². The van der Waals surface area contributed by atoms with Crippen LogP contribution in [0.15, 0.2) is 4.99 Å². The maximum Gasteiger partial charge on any atom is 0.141 e. The summed E-state index contributed by atoms with van der Waals surface area (Å²) in [6.07, 6.45) is 3.15. The zero-order valence-electron chi connectivity index (χ0n) is 11.3. The fourth-order valence-electron chi connectivity index (χ4n) is 2.21. The van der Waals surface area contributed by atoms with Crippen LogP contribution in [-0.4, -0.2) is 18.0 Å². The number of hydrogen-bond donors (Lipinski definition) is 0. The maximum atomic E-state index is 12.3. The Morgan fingerprint density at radius 3 is 2.38 bits per heavy atom. The number of hydrogen-bond acceptors (Lipinski definition) is 2. The molecule has 1 heterocycles. The number of aliphatic imine (C=N–C) groups is 1. The first-order valence-electron chi connectivity index (χ1n) is 6.39. The molecule has 1 rings (SSSR count). The highest BCUT2D eigenvalue weighted by Gasteiger charge is 2.32. The molecule has 0 fully saturated rings. The molecule has 1 aliphatic heterocycles. The molecule has 0 N–H and O–H groups in total. The van der Waals surface area contributed by atoms with Crippen LogP contribution in [-0.2, 0) is 4.79 Å². The van der Waals surface area contributed by atoms with Crippen molar-refractivity contribution in [2.45, 2.75) is 53.9 Å².